The Hall–Kier alpha value is -3.33. The van der Waals surface area contributed by atoms with Gasteiger partial charge in [-0.05, 0) is 59.5 Å². The summed E-state index contributed by atoms with van der Waals surface area (Å²) in [4.78, 5) is 18.9. The van der Waals surface area contributed by atoms with Crippen molar-refractivity contribution in [2.45, 2.75) is 6.54 Å². The van der Waals surface area contributed by atoms with Crippen molar-refractivity contribution in [2.24, 2.45) is 0 Å². The Kier molecular flexibility index (Phi) is 5.93. The van der Waals surface area contributed by atoms with Crippen LogP contribution in [0.3, 0.4) is 0 Å². The number of nitrogens with zero attached hydrogens (tertiary/aromatic N) is 4. The summed E-state index contributed by atoms with van der Waals surface area (Å²) in [5, 5.41) is 7.43. The topological polar surface area (TPSA) is 59.8 Å². The molecule has 2 aliphatic heterocycles. The van der Waals surface area contributed by atoms with Gasteiger partial charge in [0.1, 0.15) is 11.4 Å². The van der Waals surface area contributed by atoms with E-state index in [4.69, 9.17) is 26.2 Å². The number of rotatable bonds is 5. The molecular formula is C26H23ClN4O3S. The van der Waals surface area contributed by atoms with E-state index in [0.29, 0.717) is 23.8 Å². The summed E-state index contributed by atoms with van der Waals surface area (Å²) < 4.78 is 12.6. The van der Waals surface area contributed by atoms with Crippen LogP contribution in [-0.4, -0.2) is 58.5 Å². The van der Waals surface area contributed by atoms with Crippen molar-refractivity contribution >= 4 is 28.8 Å². The molecule has 0 bridgehead atoms. The molecule has 0 unspecified atom stereocenters. The fourth-order valence-electron chi connectivity index (χ4n) is 4.43. The van der Waals surface area contributed by atoms with Crippen LogP contribution in [0.2, 0.25) is 5.02 Å². The van der Waals surface area contributed by atoms with Gasteiger partial charge in [-0.25, -0.2) is 4.68 Å². The third-order valence-corrected chi connectivity index (χ3v) is 7.42. The van der Waals surface area contributed by atoms with Crippen LogP contribution in [-0.2, 0) is 6.54 Å². The van der Waals surface area contributed by atoms with Gasteiger partial charge in [-0.2, -0.15) is 5.10 Å². The van der Waals surface area contributed by atoms with Gasteiger partial charge < -0.3 is 14.4 Å². The van der Waals surface area contributed by atoms with Crippen molar-refractivity contribution in [2.75, 3.05) is 33.0 Å². The van der Waals surface area contributed by atoms with E-state index in [1.165, 1.54) is 5.56 Å². The molecule has 35 heavy (non-hydrogen) atoms. The van der Waals surface area contributed by atoms with Crippen LogP contribution in [0.5, 0.6) is 11.5 Å². The number of piperazine rings is 1. The Bertz CT molecular complexity index is 1350. The quantitative estimate of drug-likeness (QED) is 0.383. The molecule has 7 nitrogen and oxygen atoms in total. The van der Waals surface area contributed by atoms with Crippen molar-refractivity contribution < 1.29 is 14.3 Å². The molecule has 2 aromatic carbocycles. The van der Waals surface area contributed by atoms with Crippen molar-refractivity contribution in [3.8, 4) is 27.8 Å². The van der Waals surface area contributed by atoms with E-state index in [1.54, 1.807) is 16.0 Å². The summed E-state index contributed by atoms with van der Waals surface area (Å²) in [5.74, 6) is 1.58. The van der Waals surface area contributed by atoms with Gasteiger partial charge in [0.25, 0.3) is 5.91 Å². The lowest BCUT2D eigenvalue weighted by Crippen LogP contribution is -2.48. The fraction of sp³-hybridized carbons (Fsp3) is 0.231. The first-order valence-electron chi connectivity index (χ1n) is 11.4. The van der Waals surface area contributed by atoms with Gasteiger partial charge in [0, 0.05) is 37.7 Å². The number of aromatic nitrogens is 2. The average molecular weight is 507 g/mol. The summed E-state index contributed by atoms with van der Waals surface area (Å²) in [7, 11) is 0. The first kappa shape index (κ1) is 22.2. The predicted molar refractivity (Wildman–Crippen MR) is 136 cm³/mol. The summed E-state index contributed by atoms with van der Waals surface area (Å²) in [6.07, 6.45) is 0. The van der Waals surface area contributed by atoms with Crippen LogP contribution >= 0.6 is 22.9 Å². The van der Waals surface area contributed by atoms with Gasteiger partial charge in [0.2, 0.25) is 6.79 Å². The number of hydrogen-bond donors (Lipinski definition) is 0. The van der Waals surface area contributed by atoms with Gasteiger partial charge in [-0.1, -0.05) is 23.7 Å². The van der Waals surface area contributed by atoms with Gasteiger partial charge in [0.15, 0.2) is 11.5 Å². The standard InChI is InChI=1S/C26H23ClN4O3S/c27-19-4-6-20(7-5-19)31-22(15-21(28-31)25-2-1-13-35-25)26(32)30-11-9-29(10-12-30)16-18-3-8-23-24(14-18)34-17-33-23/h1-8,13-15H,9-12,16-17H2. The molecule has 0 spiro atoms. The summed E-state index contributed by atoms with van der Waals surface area (Å²) >= 11 is 7.69. The van der Waals surface area contributed by atoms with E-state index in [1.807, 2.05) is 64.9 Å². The highest BCUT2D eigenvalue weighted by molar-refractivity contribution is 7.13. The summed E-state index contributed by atoms with van der Waals surface area (Å²) in [6.45, 7) is 4.00. The number of ether oxygens (including phenoxy) is 2. The molecule has 178 valence electrons. The van der Waals surface area contributed by atoms with E-state index in [0.717, 1.165) is 47.4 Å². The third-order valence-electron chi connectivity index (χ3n) is 6.28. The number of carbonyl (C=O) groups excluding carboxylic acids is 1. The molecule has 1 fully saturated rings. The number of benzene rings is 2. The second kappa shape index (κ2) is 9.37. The highest BCUT2D eigenvalue weighted by Crippen LogP contribution is 2.33. The zero-order valence-corrected chi connectivity index (χ0v) is 20.5. The van der Waals surface area contributed by atoms with E-state index in [2.05, 4.69) is 11.0 Å². The molecule has 0 radical (unpaired) electrons. The first-order chi connectivity index (χ1) is 17.1. The van der Waals surface area contributed by atoms with Crippen LogP contribution in [0.1, 0.15) is 16.1 Å². The lowest BCUT2D eigenvalue weighted by Gasteiger charge is -2.34. The molecule has 9 heteroatoms. The van der Waals surface area contributed by atoms with E-state index in [-0.39, 0.29) is 12.7 Å². The zero-order valence-electron chi connectivity index (χ0n) is 18.9. The Morgan fingerprint density at radius 2 is 1.77 bits per heavy atom. The minimum Gasteiger partial charge on any atom is -0.454 e. The maximum absolute atomic E-state index is 13.6. The Morgan fingerprint density at radius 1 is 0.971 bits per heavy atom. The van der Waals surface area contributed by atoms with Crippen molar-refractivity contribution in [1.82, 2.24) is 19.6 Å². The Balaban J connectivity index is 1.19. The molecule has 0 aliphatic carbocycles. The maximum Gasteiger partial charge on any atom is 0.272 e. The average Bonchev–Trinajstić information content (AvgIpc) is 3.65. The van der Waals surface area contributed by atoms with Gasteiger partial charge >= 0.3 is 0 Å². The highest BCUT2D eigenvalue weighted by Gasteiger charge is 2.27. The van der Waals surface area contributed by atoms with Crippen molar-refractivity contribution in [3.63, 3.8) is 0 Å². The molecule has 4 heterocycles. The lowest BCUT2D eigenvalue weighted by molar-refractivity contribution is 0.0619. The van der Waals surface area contributed by atoms with Crippen molar-refractivity contribution in [1.29, 1.82) is 0 Å². The minimum atomic E-state index is -0.0158. The van der Waals surface area contributed by atoms with E-state index < -0.39 is 0 Å². The van der Waals surface area contributed by atoms with Crippen LogP contribution in [0.4, 0.5) is 0 Å². The molecular weight excluding hydrogens is 484 g/mol. The van der Waals surface area contributed by atoms with Gasteiger partial charge in [-0.3, -0.25) is 9.69 Å². The van der Waals surface area contributed by atoms with Gasteiger partial charge in [0.05, 0.1) is 10.6 Å². The fourth-order valence-corrected chi connectivity index (χ4v) is 5.23. The molecule has 1 amide bonds. The predicted octanol–water partition coefficient (Wildman–Crippen LogP) is 4.94. The monoisotopic (exact) mass is 506 g/mol. The van der Waals surface area contributed by atoms with E-state index in [9.17, 15) is 4.79 Å². The van der Waals surface area contributed by atoms with E-state index >= 15 is 0 Å². The molecule has 0 atom stereocenters. The van der Waals surface area contributed by atoms with Crippen LogP contribution < -0.4 is 9.47 Å². The summed E-state index contributed by atoms with van der Waals surface area (Å²) in [5.41, 5.74) is 3.33. The highest BCUT2D eigenvalue weighted by atomic mass is 35.5. The first-order valence-corrected chi connectivity index (χ1v) is 12.7. The lowest BCUT2D eigenvalue weighted by atomic mass is 10.1. The molecule has 1 saturated heterocycles. The summed E-state index contributed by atoms with van der Waals surface area (Å²) in [6, 6.07) is 19.4. The molecule has 2 aliphatic rings. The zero-order chi connectivity index (χ0) is 23.8. The second-order valence-electron chi connectivity index (χ2n) is 8.54. The molecule has 0 saturated carbocycles. The Morgan fingerprint density at radius 3 is 2.54 bits per heavy atom. The molecule has 6 rings (SSSR count). The molecule has 2 aromatic heterocycles. The maximum atomic E-state index is 13.6. The normalized spacial score (nSPS) is 15.5. The smallest absolute Gasteiger partial charge is 0.272 e. The van der Waals surface area contributed by atoms with Crippen molar-refractivity contribution in [3.05, 3.63) is 82.3 Å². The molecule has 0 N–H and O–H groups in total. The largest absolute Gasteiger partial charge is 0.454 e. The number of carbonyl (C=O) groups is 1. The SMILES string of the molecule is O=C(c1cc(-c2cccs2)nn1-c1ccc(Cl)cc1)N1CCN(Cc2ccc3c(c2)OCO3)CC1. The Labute approximate surface area is 212 Å². The van der Waals surface area contributed by atoms with Crippen LogP contribution in [0, 0.1) is 0 Å². The number of amides is 1. The number of hydrogen-bond acceptors (Lipinski definition) is 6. The molecule has 4 aromatic rings. The number of thiophene rings is 1. The number of fused-ring (bicyclic) bond motifs is 1. The third kappa shape index (κ3) is 4.52. The van der Waals surface area contributed by atoms with Gasteiger partial charge in [-0.15, -0.1) is 11.3 Å². The second-order valence-corrected chi connectivity index (χ2v) is 9.92. The van der Waals surface area contributed by atoms with Crippen LogP contribution in [0.25, 0.3) is 16.3 Å². The van der Waals surface area contributed by atoms with Crippen LogP contribution in [0.15, 0.2) is 66.0 Å². The number of halogens is 1. The minimum absolute atomic E-state index is 0.0158.